The Kier molecular flexibility index (Phi) is 4.47. The number of nitrogens with one attached hydrogen (secondary N) is 1. The minimum absolute atomic E-state index is 0.164. The molecule has 0 aromatic heterocycles. The van der Waals surface area contributed by atoms with E-state index in [2.05, 4.69) is 39.9 Å². The van der Waals surface area contributed by atoms with E-state index in [0.717, 1.165) is 32.1 Å². The predicted molar refractivity (Wildman–Crippen MR) is 76.2 cm³/mol. The Hall–Kier alpha value is -0.570. The lowest BCUT2D eigenvalue weighted by molar-refractivity contribution is -0.132. The molecule has 1 amide bonds. The van der Waals surface area contributed by atoms with Crippen LogP contribution < -0.4 is 11.1 Å². The average Bonchev–Trinajstić information content (AvgIpc) is 2.61. The van der Waals surface area contributed by atoms with E-state index in [-0.39, 0.29) is 22.3 Å². The summed E-state index contributed by atoms with van der Waals surface area (Å²) in [6, 6.07) is 0. The van der Waals surface area contributed by atoms with E-state index < -0.39 is 0 Å². The van der Waals surface area contributed by atoms with E-state index in [1.54, 1.807) is 0 Å². The lowest BCUT2D eigenvalue weighted by Gasteiger charge is -2.37. The van der Waals surface area contributed by atoms with Gasteiger partial charge in [0.25, 0.3) is 0 Å². The van der Waals surface area contributed by atoms with Crippen LogP contribution in [0.1, 0.15) is 66.7 Å². The Morgan fingerprint density at radius 3 is 2.06 bits per heavy atom. The molecule has 3 nitrogen and oxygen atoms in total. The van der Waals surface area contributed by atoms with Gasteiger partial charge in [-0.2, -0.15) is 0 Å². The highest BCUT2D eigenvalue weighted by molar-refractivity contribution is 5.83. The van der Waals surface area contributed by atoms with Crippen LogP contribution in [0, 0.1) is 10.8 Å². The second-order valence-corrected chi connectivity index (χ2v) is 7.77. The summed E-state index contributed by atoms with van der Waals surface area (Å²) in [7, 11) is 0. The smallest absolute Gasteiger partial charge is 0.227 e. The Labute approximate surface area is 112 Å². The third-order valence-electron chi connectivity index (χ3n) is 3.86. The summed E-state index contributed by atoms with van der Waals surface area (Å²) in [5.41, 5.74) is 5.60. The van der Waals surface area contributed by atoms with Gasteiger partial charge in [0.05, 0.1) is 5.41 Å². The van der Waals surface area contributed by atoms with Crippen molar-refractivity contribution >= 4 is 5.91 Å². The van der Waals surface area contributed by atoms with Gasteiger partial charge >= 0.3 is 0 Å². The van der Waals surface area contributed by atoms with Crippen LogP contribution in [0.5, 0.6) is 0 Å². The van der Waals surface area contributed by atoms with Gasteiger partial charge < -0.3 is 11.1 Å². The van der Waals surface area contributed by atoms with Crippen LogP contribution in [0.2, 0.25) is 0 Å². The molecule has 3 heteroatoms. The van der Waals surface area contributed by atoms with Gasteiger partial charge in [0.2, 0.25) is 5.91 Å². The van der Waals surface area contributed by atoms with Crippen molar-refractivity contribution in [2.24, 2.45) is 16.6 Å². The first-order valence-corrected chi connectivity index (χ1v) is 7.13. The van der Waals surface area contributed by atoms with E-state index >= 15 is 0 Å². The molecule has 0 heterocycles. The number of carbonyl (C=O) groups is 1. The number of hydrogen-bond donors (Lipinski definition) is 2. The van der Waals surface area contributed by atoms with Crippen molar-refractivity contribution in [2.75, 3.05) is 6.54 Å². The molecule has 0 aromatic rings. The largest absolute Gasteiger partial charge is 0.351 e. The lowest BCUT2D eigenvalue weighted by Crippen LogP contribution is -2.53. The summed E-state index contributed by atoms with van der Waals surface area (Å²) < 4.78 is 0. The zero-order valence-corrected chi connectivity index (χ0v) is 12.7. The Bertz CT molecular complexity index is 296. The number of rotatable bonds is 4. The van der Waals surface area contributed by atoms with Crippen molar-refractivity contribution in [1.82, 2.24) is 5.32 Å². The molecule has 106 valence electrons. The zero-order chi connectivity index (χ0) is 14.0. The fourth-order valence-corrected chi connectivity index (χ4v) is 3.39. The molecule has 1 rings (SSSR count). The molecule has 0 unspecified atom stereocenters. The normalized spacial score (nSPS) is 19.9. The van der Waals surface area contributed by atoms with Gasteiger partial charge in [-0.05, 0) is 38.5 Å². The van der Waals surface area contributed by atoms with Crippen molar-refractivity contribution in [3.8, 4) is 0 Å². The SMILES string of the molecule is CC(C)(C)CC(C)(C)NC(=O)C1(CN)CCCC1. The highest BCUT2D eigenvalue weighted by atomic mass is 16.2. The van der Waals surface area contributed by atoms with Gasteiger partial charge in [0.15, 0.2) is 0 Å². The first-order valence-electron chi connectivity index (χ1n) is 7.13. The van der Waals surface area contributed by atoms with E-state index in [4.69, 9.17) is 5.73 Å². The Morgan fingerprint density at radius 2 is 1.67 bits per heavy atom. The lowest BCUT2D eigenvalue weighted by atomic mass is 9.79. The molecular formula is C15H30N2O. The molecule has 0 atom stereocenters. The van der Waals surface area contributed by atoms with Crippen molar-refractivity contribution in [1.29, 1.82) is 0 Å². The van der Waals surface area contributed by atoms with E-state index in [1.807, 2.05) is 0 Å². The van der Waals surface area contributed by atoms with Gasteiger partial charge in [-0.1, -0.05) is 33.6 Å². The summed E-state index contributed by atoms with van der Waals surface area (Å²) in [5.74, 6) is 0.164. The molecule has 1 aliphatic carbocycles. The molecule has 3 N–H and O–H groups in total. The predicted octanol–water partition coefficient (Wildman–Crippen LogP) is 2.84. The maximum Gasteiger partial charge on any atom is 0.227 e. The Morgan fingerprint density at radius 1 is 1.17 bits per heavy atom. The molecule has 0 radical (unpaired) electrons. The highest BCUT2D eigenvalue weighted by Gasteiger charge is 2.42. The van der Waals surface area contributed by atoms with Gasteiger partial charge in [-0.3, -0.25) is 4.79 Å². The zero-order valence-electron chi connectivity index (χ0n) is 12.7. The molecule has 18 heavy (non-hydrogen) atoms. The van der Waals surface area contributed by atoms with Crippen LogP contribution in [0.3, 0.4) is 0 Å². The second-order valence-electron chi connectivity index (χ2n) is 7.77. The summed E-state index contributed by atoms with van der Waals surface area (Å²) >= 11 is 0. The molecule has 1 saturated carbocycles. The van der Waals surface area contributed by atoms with E-state index in [1.165, 1.54) is 0 Å². The number of amides is 1. The Balaban J connectivity index is 2.68. The fourth-order valence-electron chi connectivity index (χ4n) is 3.39. The molecule has 1 aliphatic rings. The third-order valence-corrected chi connectivity index (χ3v) is 3.86. The summed E-state index contributed by atoms with van der Waals surface area (Å²) in [6.07, 6.45) is 5.11. The summed E-state index contributed by atoms with van der Waals surface area (Å²) in [5, 5.41) is 3.23. The van der Waals surface area contributed by atoms with Crippen molar-refractivity contribution in [2.45, 2.75) is 72.3 Å². The van der Waals surface area contributed by atoms with Crippen molar-refractivity contribution in [3.63, 3.8) is 0 Å². The fraction of sp³-hybridized carbons (Fsp3) is 0.933. The van der Waals surface area contributed by atoms with Crippen molar-refractivity contribution < 1.29 is 4.79 Å². The van der Waals surface area contributed by atoms with E-state index in [9.17, 15) is 4.79 Å². The molecule has 0 aliphatic heterocycles. The van der Waals surface area contributed by atoms with Crippen LogP contribution in [0.4, 0.5) is 0 Å². The topological polar surface area (TPSA) is 55.1 Å². The number of nitrogens with two attached hydrogens (primary N) is 1. The first kappa shape index (κ1) is 15.5. The molecule has 0 bridgehead atoms. The van der Waals surface area contributed by atoms with Crippen LogP contribution in [0.15, 0.2) is 0 Å². The van der Waals surface area contributed by atoms with Crippen LogP contribution in [0.25, 0.3) is 0 Å². The van der Waals surface area contributed by atoms with Crippen LogP contribution >= 0.6 is 0 Å². The van der Waals surface area contributed by atoms with Gasteiger partial charge in [-0.25, -0.2) is 0 Å². The minimum atomic E-state index is -0.296. The highest BCUT2D eigenvalue weighted by Crippen LogP contribution is 2.38. The van der Waals surface area contributed by atoms with E-state index in [0.29, 0.717) is 6.54 Å². The molecule has 0 saturated heterocycles. The standard InChI is InChI=1S/C15H30N2O/c1-13(2,3)10-14(4,5)17-12(18)15(11-16)8-6-7-9-15/h6-11,16H2,1-5H3,(H,17,18). The quantitative estimate of drug-likeness (QED) is 0.810. The molecular weight excluding hydrogens is 224 g/mol. The maximum absolute atomic E-state index is 12.5. The minimum Gasteiger partial charge on any atom is -0.351 e. The molecule has 0 aromatic carbocycles. The van der Waals surface area contributed by atoms with Crippen molar-refractivity contribution in [3.05, 3.63) is 0 Å². The number of hydrogen-bond acceptors (Lipinski definition) is 2. The van der Waals surface area contributed by atoms with Gasteiger partial charge in [-0.15, -0.1) is 0 Å². The third kappa shape index (κ3) is 3.98. The average molecular weight is 254 g/mol. The first-order chi connectivity index (χ1) is 8.10. The van der Waals surface area contributed by atoms with Crippen LogP contribution in [-0.4, -0.2) is 18.0 Å². The van der Waals surface area contributed by atoms with Crippen LogP contribution in [-0.2, 0) is 4.79 Å². The monoisotopic (exact) mass is 254 g/mol. The number of carbonyl (C=O) groups excluding carboxylic acids is 1. The summed E-state index contributed by atoms with van der Waals surface area (Å²) in [4.78, 5) is 12.5. The summed E-state index contributed by atoms with van der Waals surface area (Å²) in [6.45, 7) is 11.3. The molecule has 1 fully saturated rings. The maximum atomic E-state index is 12.5. The second kappa shape index (κ2) is 5.20. The van der Waals surface area contributed by atoms with Gasteiger partial charge in [0, 0.05) is 12.1 Å². The molecule has 0 spiro atoms. The van der Waals surface area contributed by atoms with Gasteiger partial charge in [0.1, 0.15) is 0 Å².